The lowest BCUT2D eigenvalue weighted by Crippen LogP contribution is -2.30. The molecule has 3 N–H and O–H groups in total. The van der Waals surface area contributed by atoms with Gasteiger partial charge < -0.3 is 15.7 Å². The van der Waals surface area contributed by atoms with Crippen LogP contribution < -0.4 is 5.73 Å². The first-order chi connectivity index (χ1) is 7.52. The lowest BCUT2D eigenvalue weighted by Gasteiger charge is -2.16. The van der Waals surface area contributed by atoms with Gasteiger partial charge in [-0.25, -0.2) is 4.98 Å². The van der Waals surface area contributed by atoms with E-state index >= 15 is 0 Å². The molecule has 1 amide bonds. The molecule has 16 heavy (non-hydrogen) atoms. The summed E-state index contributed by atoms with van der Waals surface area (Å²) in [5, 5.41) is 8.49. The third kappa shape index (κ3) is 2.94. The standard InChI is InChI=1S/C10H13N3O3/c1-13(6-4-8(14)15)10(16)9-7(11)3-2-5-12-9/h2-3,5H,4,6,11H2,1H3,(H,14,15). The van der Waals surface area contributed by atoms with Crippen LogP contribution in [0.5, 0.6) is 0 Å². The van der Waals surface area contributed by atoms with Crippen molar-refractivity contribution >= 4 is 17.6 Å². The van der Waals surface area contributed by atoms with Crippen LogP contribution in [-0.4, -0.2) is 40.5 Å². The van der Waals surface area contributed by atoms with Gasteiger partial charge >= 0.3 is 5.97 Å². The molecule has 0 atom stereocenters. The van der Waals surface area contributed by atoms with Crippen LogP contribution in [0.1, 0.15) is 16.9 Å². The molecule has 0 unspecified atom stereocenters. The summed E-state index contributed by atoms with van der Waals surface area (Å²) in [4.78, 5) is 27.3. The number of anilines is 1. The molecule has 1 aromatic heterocycles. The molecule has 0 fully saturated rings. The highest BCUT2D eigenvalue weighted by Crippen LogP contribution is 2.09. The van der Waals surface area contributed by atoms with Crippen LogP contribution >= 0.6 is 0 Å². The first-order valence-corrected chi connectivity index (χ1v) is 4.70. The lowest BCUT2D eigenvalue weighted by atomic mass is 10.2. The number of carbonyl (C=O) groups excluding carboxylic acids is 1. The van der Waals surface area contributed by atoms with Crippen molar-refractivity contribution in [3.63, 3.8) is 0 Å². The van der Waals surface area contributed by atoms with Gasteiger partial charge in [-0.3, -0.25) is 9.59 Å². The third-order valence-electron chi connectivity index (χ3n) is 2.05. The zero-order valence-corrected chi connectivity index (χ0v) is 8.88. The maximum Gasteiger partial charge on any atom is 0.305 e. The van der Waals surface area contributed by atoms with E-state index in [0.29, 0.717) is 0 Å². The Balaban J connectivity index is 2.71. The van der Waals surface area contributed by atoms with Crippen molar-refractivity contribution in [3.05, 3.63) is 24.0 Å². The van der Waals surface area contributed by atoms with Crippen molar-refractivity contribution in [1.29, 1.82) is 0 Å². The topological polar surface area (TPSA) is 96.5 Å². The molecule has 0 saturated heterocycles. The quantitative estimate of drug-likeness (QED) is 0.760. The van der Waals surface area contributed by atoms with Crippen LogP contribution in [0, 0.1) is 0 Å². The van der Waals surface area contributed by atoms with Crippen LogP contribution in [-0.2, 0) is 4.79 Å². The van der Waals surface area contributed by atoms with E-state index in [1.54, 1.807) is 12.1 Å². The Kier molecular flexibility index (Phi) is 3.82. The van der Waals surface area contributed by atoms with Crippen molar-refractivity contribution in [1.82, 2.24) is 9.88 Å². The van der Waals surface area contributed by atoms with Gasteiger partial charge in [-0.15, -0.1) is 0 Å². The van der Waals surface area contributed by atoms with Gasteiger partial charge in [0.15, 0.2) is 5.69 Å². The third-order valence-corrected chi connectivity index (χ3v) is 2.05. The largest absolute Gasteiger partial charge is 0.481 e. The molecule has 0 saturated carbocycles. The fourth-order valence-corrected chi connectivity index (χ4v) is 1.14. The number of rotatable bonds is 4. The Hall–Kier alpha value is -2.11. The number of nitrogen functional groups attached to an aromatic ring is 1. The number of nitrogens with two attached hydrogens (primary N) is 1. The van der Waals surface area contributed by atoms with Gasteiger partial charge in [0.05, 0.1) is 12.1 Å². The summed E-state index contributed by atoms with van der Waals surface area (Å²) in [6, 6.07) is 3.20. The minimum atomic E-state index is -0.950. The zero-order chi connectivity index (χ0) is 12.1. The van der Waals surface area contributed by atoms with E-state index in [9.17, 15) is 9.59 Å². The summed E-state index contributed by atoms with van der Waals surface area (Å²) in [6.07, 6.45) is 1.36. The number of aliphatic carboxylic acids is 1. The molecule has 0 bridgehead atoms. The van der Waals surface area contributed by atoms with E-state index in [2.05, 4.69) is 4.98 Å². The van der Waals surface area contributed by atoms with Crippen molar-refractivity contribution in [3.8, 4) is 0 Å². The molecule has 6 nitrogen and oxygen atoms in total. The Morgan fingerprint density at radius 3 is 2.81 bits per heavy atom. The number of carbonyl (C=O) groups is 2. The summed E-state index contributed by atoms with van der Waals surface area (Å²) in [5.74, 6) is -1.33. The molecule has 1 aromatic rings. The number of pyridine rings is 1. The fourth-order valence-electron chi connectivity index (χ4n) is 1.14. The molecule has 1 rings (SSSR count). The maximum absolute atomic E-state index is 11.8. The number of hydrogen-bond donors (Lipinski definition) is 2. The average molecular weight is 223 g/mol. The molecule has 0 aromatic carbocycles. The molecule has 1 heterocycles. The van der Waals surface area contributed by atoms with E-state index < -0.39 is 5.97 Å². The van der Waals surface area contributed by atoms with Gasteiger partial charge in [-0.1, -0.05) is 0 Å². The molecule has 0 aliphatic carbocycles. The first kappa shape index (κ1) is 12.0. The normalized spacial score (nSPS) is 9.81. The Bertz CT molecular complexity index is 406. The van der Waals surface area contributed by atoms with E-state index in [-0.39, 0.29) is 30.3 Å². The van der Waals surface area contributed by atoms with E-state index in [0.717, 1.165) is 0 Å². The first-order valence-electron chi connectivity index (χ1n) is 4.70. The molecular weight excluding hydrogens is 210 g/mol. The minimum absolute atomic E-state index is 0.102. The number of aromatic nitrogens is 1. The Morgan fingerprint density at radius 2 is 2.25 bits per heavy atom. The highest BCUT2D eigenvalue weighted by molar-refractivity contribution is 5.97. The SMILES string of the molecule is CN(CCC(=O)O)C(=O)c1ncccc1N. The van der Waals surface area contributed by atoms with Gasteiger partial charge in [-0.05, 0) is 12.1 Å². The molecule has 86 valence electrons. The molecule has 0 aliphatic heterocycles. The number of nitrogens with zero attached hydrogens (tertiary/aromatic N) is 2. The van der Waals surface area contributed by atoms with Crippen LogP contribution in [0.3, 0.4) is 0 Å². The lowest BCUT2D eigenvalue weighted by molar-refractivity contribution is -0.137. The van der Waals surface area contributed by atoms with Crippen molar-refractivity contribution in [2.45, 2.75) is 6.42 Å². The summed E-state index contributed by atoms with van der Waals surface area (Å²) in [7, 11) is 1.51. The van der Waals surface area contributed by atoms with Gasteiger partial charge in [0, 0.05) is 19.8 Å². The summed E-state index contributed by atoms with van der Waals surface area (Å²) < 4.78 is 0. The van der Waals surface area contributed by atoms with Gasteiger partial charge in [0.25, 0.3) is 5.91 Å². The van der Waals surface area contributed by atoms with E-state index in [1.807, 2.05) is 0 Å². The van der Waals surface area contributed by atoms with Crippen LogP contribution in [0.25, 0.3) is 0 Å². The maximum atomic E-state index is 11.8. The molecular formula is C10H13N3O3. The summed E-state index contributed by atoms with van der Waals surface area (Å²) >= 11 is 0. The minimum Gasteiger partial charge on any atom is -0.481 e. The van der Waals surface area contributed by atoms with Crippen molar-refractivity contribution in [2.24, 2.45) is 0 Å². The van der Waals surface area contributed by atoms with Crippen LogP contribution in [0.2, 0.25) is 0 Å². The second-order valence-corrected chi connectivity index (χ2v) is 3.31. The van der Waals surface area contributed by atoms with Gasteiger partial charge in [0.2, 0.25) is 0 Å². The number of carboxylic acid groups (broad SMARTS) is 1. The van der Waals surface area contributed by atoms with Crippen molar-refractivity contribution < 1.29 is 14.7 Å². The number of hydrogen-bond acceptors (Lipinski definition) is 4. The highest BCUT2D eigenvalue weighted by Gasteiger charge is 2.16. The smallest absolute Gasteiger partial charge is 0.305 e. The molecule has 0 radical (unpaired) electrons. The average Bonchev–Trinajstić information content (AvgIpc) is 2.25. The number of carboxylic acids is 1. The second kappa shape index (κ2) is 5.11. The summed E-state index contributed by atoms with van der Waals surface area (Å²) in [5.41, 5.74) is 6.02. The molecule has 0 spiro atoms. The monoisotopic (exact) mass is 223 g/mol. The second-order valence-electron chi connectivity index (χ2n) is 3.31. The predicted octanol–water partition coefficient (Wildman–Crippen LogP) is 0.210. The van der Waals surface area contributed by atoms with E-state index in [1.165, 1.54) is 18.1 Å². The highest BCUT2D eigenvalue weighted by atomic mass is 16.4. The van der Waals surface area contributed by atoms with Crippen molar-refractivity contribution in [2.75, 3.05) is 19.3 Å². The fraction of sp³-hybridized carbons (Fsp3) is 0.300. The van der Waals surface area contributed by atoms with Gasteiger partial charge in [-0.2, -0.15) is 0 Å². The molecule has 0 aliphatic rings. The van der Waals surface area contributed by atoms with E-state index in [4.69, 9.17) is 10.8 Å². The zero-order valence-electron chi connectivity index (χ0n) is 8.88. The summed E-state index contributed by atoms with van der Waals surface area (Å²) in [6.45, 7) is 0.129. The Morgan fingerprint density at radius 1 is 1.56 bits per heavy atom. The molecule has 6 heteroatoms. The predicted molar refractivity (Wildman–Crippen MR) is 57.9 cm³/mol. The van der Waals surface area contributed by atoms with Gasteiger partial charge in [0.1, 0.15) is 0 Å². The Labute approximate surface area is 92.7 Å². The number of amides is 1. The van der Waals surface area contributed by atoms with Crippen LogP contribution in [0.15, 0.2) is 18.3 Å². The van der Waals surface area contributed by atoms with Crippen LogP contribution in [0.4, 0.5) is 5.69 Å².